The fourth-order valence-corrected chi connectivity index (χ4v) is 2.43. The van der Waals surface area contributed by atoms with Crippen LogP contribution in [0.2, 0.25) is 0 Å². The van der Waals surface area contributed by atoms with Gasteiger partial charge in [0.25, 0.3) is 0 Å². The Morgan fingerprint density at radius 3 is 2.63 bits per heavy atom. The Morgan fingerprint density at radius 1 is 1.32 bits per heavy atom. The standard InChI is InChI=1S/C15H22N4/c1-15(2,13-16)19-10-8-18(9-11-19)7-5-14-4-3-6-17-12-14/h3-4,6,12H,5,7-11H2,1-2H3. The molecule has 0 radical (unpaired) electrons. The van der Waals surface area contributed by atoms with Crippen LogP contribution in [-0.2, 0) is 6.42 Å². The maximum Gasteiger partial charge on any atom is 0.103 e. The van der Waals surface area contributed by atoms with E-state index >= 15 is 0 Å². The summed E-state index contributed by atoms with van der Waals surface area (Å²) in [7, 11) is 0. The predicted molar refractivity (Wildman–Crippen MR) is 75.6 cm³/mol. The molecule has 0 spiro atoms. The van der Waals surface area contributed by atoms with E-state index in [9.17, 15) is 0 Å². The van der Waals surface area contributed by atoms with Crippen LogP contribution in [0.1, 0.15) is 19.4 Å². The summed E-state index contributed by atoms with van der Waals surface area (Å²) in [6.07, 6.45) is 4.80. The molecule has 0 bridgehead atoms. The van der Waals surface area contributed by atoms with Crippen LogP contribution < -0.4 is 0 Å². The molecule has 0 aliphatic carbocycles. The molecule has 0 unspecified atom stereocenters. The summed E-state index contributed by atoms with van der Waals surface area (Å²) in [5.74, 6) is 0. The first kappa shape index (κ1) is 14.0. The van der Waals surface area contributed by atoms with E-state index in [-0.39, 0.29) is 5.54 Å². The van der Waals surface area contributed by atoms with Crippen LogP contribution >= 0.6 is 0 Å². The van der Waals surface area contributed by atoms with Gasteiger partial charge < -0.3 is 4.90 Å². The van der Waals surface area contributed by atoms with Crippen molar-refractivity contribution in [1.82, 2.24) is 14.8 Å². The Morgan fingerprint density at radius 2 is 2.05 bits per heavy atom. The number of rotatable bonds is 4. The van der Waals surface area contributed by atoms with Gasteiger partial charge in [-0.1, -0.05) is 6.07 Å². The number of hydrogen-bond acceptors (Lipinski definition) is 4. The molecular weight excluding hydrogens is 236 g/mol. The number of pyridine rings is 1. The van der Waals surface area contributed by atoms with Gasteiger partial charge in [-0.15, -0.1) is 0 Å². The van der Waals surface area contributed by atoms with Crippen molar-refractivity contribution in [2.24, 2.45) is 0 Å². The summed E-state index contributed by atoms with van der Waals surface area (Å²) < 4.78 is 0. The summed E-state index contributed by atoms with van der Waals surface area (Å²) in [6, 6.07) is 6.50. The molecule has 2 rings (SSSR count). The first-order chi connectivity index (χ1) is 9.12. The van der Waals surface area contributed by atoms with Gasteiger partial charge in [0.05, 0.1) is 6.07 Å². The minimum atomic E-state index is -0.338. The van der Waals surface area contributed by atoms with Gasteiger partial charge in [0.1, 0.15) is 5.54 Å². The quantitative estimate of drug-likeness (QED) is 0.822. The minimum Gasteiger partial charge on any atom is -0.300 e. The van der Waals surface area contributed by atoms with Crippen LogP contribution in [0, 0.1) is 11.3 Å². The van der Waals surface area contributed by atoms with Gasteiger partial charge in [0, 0.05) is 45.1 Å². The third kappa shape index (κ3) is 3.76. The Balaban J connectivity index is 1.77. The highest BCUT2D eigenvalue weighted by atomic mass is 15.3. The van der Waals surface area contributed by atoms with E-state index in [1.807, 2.05) is 32.3 Å². The third-order valence-electron chi connectivity index (χ3n) is 3.88. The molecule has 0 aromatic carbocycles. The summed E-state index contributed by atoms with van der Waals surface area (Å²) >= 11 is 0. The van der Waals surface area contributed by atoms with Crippen molar-refractivity contribution in [1.29, 1.82) is 5.26 Å². The van der Waals surface area contributed by atoms with Crippen LogP contribution in [-0.4, -0.2) is 53.0 Å². The normalized spacial score (nSPS) is 18.2. The van der Waals surface area contributed by atoms with Crippen molar-refractivity contribution in [2.75, 3.05) is 32.7 Å². The molecule has 1 saturated heterocycles. The van der Waals surface area contributed by atoms with Gasteiger partial charge in [-0.3, -0.25) is 9.88 Å². The zero-order valence-electron chi connectivity index (χ0n) is 11.8. The van der Waals surface area contributed by atoms with Crippen molar-refractivity contribution in [3.8, 4) is 6.07 Å². The van der Waals surface area contributed by atoms with Crippen molar-refractivity contribution < 1.29 is 0 Å². The molecule has 4 nitrogen and oxygen atoms in total. The van der Waals surface area contributed by atoms with E-state index < -0.39 is 0 Å². The minimum absolute atomic E-state index is 0.338. The molecule has 1 fully saturated rings. The summed E-state index contributed by atoms with van der Waals surface area (Å²) in [4.78, 5) is 8.88. The van der Waals surface area contributed by atoms with Crippen LogP contribution in [0.15, 0.2) is 24.5 Å². The fourth-order valence-electron chi connectivity index (χ4n) is 2.43. The van der Waals surface area contributed by atoms with Crippen LogP contribution in [0.4, 0.5) is 0 Å². The maximum atomic E-state index is 9.15. The van der Waals surface area contributed by atoms with Gasteiger partial charge in [0.15, 0.2) is 0 Å². The smallest absolute Gasteiger partial charge is 0.103 e. The molecule has 1 aliphatic heterocycles. The van der Waals surface area contributed by atoms with Gasteiger partial charge >= 0.3 is 0 Å². The van der Waals surface area contributed by atoms with E-state index in [4.69, 9.17) is 5.26 Å². The molecular formula is C15H22N4. The molecule has 19 heavy (non-hydrogen) atoms. The summed E-state index contributed by atoms with van der Waals surface area (Å²) in [5.41, 5.74) is 0.956. The highest BCUT2D eigenvalue weighted by Crippen LogP contribution is 2.16. The van der Waals surface area contributed by atoms with E-state index in [1.54, 1.807) is 0 Å². The molecule has 2 heterocycles. The number of hydrogen-bond donors (Lipinski definition) is 0. The van der Waals surface area contributed by atoms with Gasteiger partial charge in [0.2, 0.25) is 0 Å². The van der Waals surface area contributed by atoms with Crippen molar-refractivity contribution in [3.63, 3.8) is 0 Å². The highest BCUT2D eigenvalue weighted by molar-refractivity contribution is 5.09. The number of piperazine rings is 1. The highest BCUT2D eigenvalue weighted by Gasteiger charge is 2.29. The molecule has 102 valence electrons. The largest absolute Gasteiger partial charge is 0.300 e. The second-order valence-corrected chi connectivity index (χ2v) is 5.61. The fraction of sp³-hybridized carbons (Fsp3) is 0.600. The first-order valence-corrected chi connectivity index (χ1v) is 6.89. The monoisotopic (exact) mass is 258 g/mol. The van der Waals surface area contributed by atoms with Gasteiger partial charge in [-0.2, -0.15) is 5.26 Å². The Labute approximate surface area is 115 Å². The molecule has 0 saturated carbocycles. The molecule has 1 aromatic rings. The molecule has 1 aromatic heterocycles. The van der Waals surface area contributed by atoms with Crippen molar-refractivity contribution in [3.05, 3.63) is 30.1 Å². The molecule has 0 atom stereocenters. The van der Waals surface area contributed by atoms with Crippen LogP contribution in [0.3, 0.4) is 0 Å². The van der Waals surface area contributed by atoms with Gasteiger partial charge in [-0.25, -0.2) is 0 Å². The molecule has 1 aliphatic rings. The van der Waals surface area contributed by atoms with Crippen LogP contribution in [0.25, 0.3) is 0 Å². The topological polar surface area (TPSA) is 43.2 Å². The van der Waals surface area contributed by atoms with Gasteiger partial charge in [-0.05, 0) is 31.9 Å². The molecule has 4 heteroatoms. The van der Waals surface area contributed by atoms with E-state index in [1.165, 1.54) is 5.56 Å². The Kier molecular flexibility index (Phi) is 4.52. The SMILES string of the molecule is CC(C)(C#N)N1CCN(CCc2cccnc2)CC1. The lowest BCUT2D eigenvalue weighted by atomic mass is 10.0. The van der Waals surface area contributed by atoms with E-state index in [2.05, 4.69) is 26.9 Å². The van der Waals surface area contributed by atoms with Crippen molar-refractivity contribution in [2.45, 2.75) is 25.8 Å². The van der Waals surface area contributed by atoms with Crippen LogP contribution in [0.5, 0.6) is 0 Å². The Hall–Kier alpha value is -1.44. The average molecular weight is 258 g/mol. The lowest BCUT2D eigenvalue weighted by molar-refractivity contribution is 0.0807. The third-order valence-corrected chi connectivity index (χ3v) is 3.88. The number of nitriles is 1. The van der Waals surface area contributed by atoms with E-state index in [0.29, 0.717) is 0 Å². The predicted octanol–water partition coefficient (Wildman–Crippen LogP) is 1.54. The average Bonchev–Trinajstić information content (AvgIpc) is 2.47. The summed E-state index contributed by atoms with van der Waals surface area (Å²) in [5, 5.41) is 9.15. The second kappa shape index (κ2) is 6.14. The van der Waals surface area contributed by atoms with E-state index in [0.717, 1.165) is 39.1 Å². The second-order valence-electron chi connectivity index (χ2n) is 5.61. The molecule has 0 N–H and O–H groups in total. The molecule has 0 amide bonds. The zero-order chi connectivity index (χ0) is 13.7. The number of nitrogens with zero attached hydrogens (tertiary/aromatic N) is 4. The van der Waals surface area contributed by atoms with Crippen molar-refractivity contribution >= 4 is 0 Å². The first-order valence-electron chi connectivity index (χ1n) is 6.89. The summed E-state index contributed by atoms with van der Waals surface area (Å²) in [6.45, 7) is 9.13. The zero-order valence-corrected chi connectivity index (χ0v) is 11.8. The lowest BCUT2D eigenvalue weighted by Crippen LogP contribution is -2.54. The Bertz CT molecular complexity index is 427. The number of aromatic nitrogens is 1. The lowest BCUT2D eigenvalue weighted by Gasteiger charge is -2.40. The maximum absolute atomic E-state index is 9.15.